The molecule has 0 atom stereocenters. The topological polar surface area (TPSA) is 85.3 Å². The lowest BCUT2D eigenvalue weighted by Crippen LogP contribution is -2.47. The summed E-state index contributed by atoms with van der Waals surface area (Å²) in [5, 5.41) is 20.8. The Hall–Kier alpha value is -1.79. The smallest absolute Gasteiger partial charge is 0.172 e. The number of para-hydroxylation sites is 1. The van der Waals surface area contributed by atoms with Crippen LogP contribution in [0.15, 0.2) is 29.4 Å². The number of piperazine rings is 1. The van der Waals surface area contributed by atoms with Gasteiger partial charge in [-0.05, 0) is 12.1 Å². The molecule has 104 valence electrons. The van der Waals surface area contributed by atoms with Gasteiger partial charge in [0.05, 0.1) is 6.61 Å². The second kappa shape index (κ2) is 6.40. The SMILES string of the molecule is NC(=NO)c1ccccc1N1CCN(CCO)CC1. The number of β-amino-alcohol motifs (C(OH)–C–C–N with tert-alkyl or cyclic N) is 1. The predicted molar refractivity (Wildman–Crippen MR) is 74.7 cm³/mol. The van der Waals surface area contributed by atoms with Gasteiger partial charge in [0.25, 0.3) is 0 Å². The first-order valence-electron chi connectivity index (χ1n) is 6.41. The molecule has 1 aliphatic rings. The number of rotatable bonds is 4. The Balaban J connectivity index is 2.11. The molecule has 0 spiro atoms. The molecule has 1 heterocycles. The molecule has 0 aromatic heterocycles. The second-order valence-corrected chi connectivity index (χ2v) is 4.55. The summed E-state index contributed by atoms with van der Waals surface area (Å²) in [6, 6.07) is 7.65. The van der Waals surface area contributed by atoms with Crippen molar-refractivity contribution < 1.29 is 10.3 Å². The van der Waals surface area contributed by atoms with Crippen LogP contribution in [-0.4, -0.2) is 60.4 Å². The van der Waals surface area contributed by atoms with Crippen LogP contribution in [0.1, 0.15) is 5.56 Å². The summed E-state index contributed by atoms with van der Waals surface area (Å²) < 4.78 is 0. The predicted octanol–water partition coefficient (Wildman–Crippen LogP) is -0.105. The third-order valence-electron chi connectivity index (χ3n) is 3.42. The molecule has 0 saturated carbocycles. The lowest BCUT2D eigenvalue weighted by Gasteiger charge is -2.36. The van der Waals surface area contributed by atoms with Crippen LogP contribution in [0.4, 0.5) is 5.69 Å². The van der Waals surface area contributed by atoms with E-state index in [4.69, 9.17) is 16.0 Å². The van der Waals surface area contributed by atoms with E-state index in [1.165, 1.54) is 0 Å². The van der Waals surface area contributed by atoms with Crippen LogP contribution in [0.25, 0.3) is 0 Å². The molecule has 0 amide bonds. The van der Waals surface area contributed by atoms with E-state index in [-0.39, 0.29) is 12.4 Å². The third kappa shape index (κ3) is 3.15. The van der Waals surface area contributed by atoms with Gasteiger partial charge in [-0.15, -0.1) is 0 Å². The zero-order chi connectivity index (χ0) is 13.7. The van der Waals surface area contributed by atoms with Crippen molar-refractivity contribution in [1.29, 1.82) is 0 Å². The molecule has 1 saturated heterocycles. The summed E-state index contributed by atoms with van der Waals surface area (Å²) in [7, 11) is 0. The zero-order valence-electron chi connectivity index (χ0n) is 10.9. The van der Waals surface area contributed by atoms with Gasteiger partial charge < -0.3 is 20.9 Å². The Labute approximate surface area is 112 Å². The maximum absolute atomic E-state index is 8.93. The number of aliphatic hydroxyl groups is 1. The highest BCUT2D eigenvalue weighted by Crippen LogP contribution is 2.21. The highest BCUT2D eigenvalue weighted by Gasteiger charge is 2.19. The molecule has 0 bridgehead atoms. The Morgan fingerprint density at radius 3 is 2.53 bits per heavy atom. The van der Waals surface area contributed by atoms with E-state index in [0.717, 1.165) is 44.0 Å². The first-order valence-corrected chi connectivity index (χ1v) is 6.41. The van der Waals surface area contributed by atoms with Crippen LogP contribution in [0.2, 0.25) is 0 Å². The summed E-state index contributed by atoms with van der Waals surface area (Å²) in [5.41, 5.74) is 7.44. The van der Waals surface area contributed by atoms with Crippen LogP contribution in [0.3, 0.4) is 0 Å². The molecule has 2 rings (SSSR count). The fourth-order valence-electron chi connectivity index (χ4n) is 2.37. The molecule has 1 aromatic rings. The summed E-state index contributed by atoms with van der Waals surface area (Å²) in [4.78, 5) is 4.45. The van der Waals surface area contributed by atoms with Crippen molar-refractivity contribution in [3.8, 4) is 0 Å². The highest BCUT2D eigenvalue weighted by atomic mass is 16.4. The Kier molecular flexibility index (Phi) is 4.59. The number of amidine groups is 1. The van der Waals surface area contributed by atoms with E-state index in [9.17, 15) is 0 Å². The summed E-state index contributed by atoms with van der Waals surface area (Å²) in [6.45, 7) is 4.47. The number of anilines is 1. The molecule has 0 unspecified atom stereocenters. The fourth-order valence-corrected chi connectivity index (χ4v) is 2.37. The highest BCUT2D eigenvalue weighted by molar-refractivity contribution is 6.02. The van der Waals surface area contributed by atoms with Gasteiger partial charge in [-0.2, -0.15) is 0 Å². The number of hydrogen-bond donors (Lipinski definition) is 3. The normalized spacial score (nSPS) is 17.7. The van der Waals surface area contributed by atoms with Crippen LogP contribution >= 0.6 is 0 Å². The Morgan fingerprint density at radius 1 is 1.21 bits per heavy atom. The van der Waals surface area contributed by atoms with E-state index < -0.39 is 0 Å². The van der Waals surface area contributed by atoms with Crippen LogP contribution in [0, 0.1) is 0 Å². The molecular formula is C13H20N4O2. The molecule has 4 N–H and O–H groups in total. The van der Waals surface area contributed by atoms with E-state index >= 15 is 0 Å². The third-order valence-corrected chi connectivity index (χ3v) is 3.42. The number of oxime groups is 1. The van der Waals surface area contributed by atoms with Crippen LogP contribution in [0.5, 0.6) is 0 Å². The molecule has 1 fully saturated rings. The van der Waals surface area contributed by atoms with Crippen molar-refractivity contribution in [2.24, 2.45) is 10.9 Å². The maximum atomic E-state index is 8.93. The number of benzene rings is 1. The minimum Gasteiger partial charge on any atom is -0.409 e. The lowest BCUT2D eigenvalue weighted by atomic mass is 10.1. The van der Waals surface area contributed by atoms with Crippen molar-refractivity contribution in [3.63, 3.8) is 0 Å². The number of aliphatic hydroxyl groups excluding tert-OH is 1. The number of nitrogens with two attached hydrogens (primary N) is 1. The van der Waals surface area contributed by atoms with Gasteiger partial charge in [-0.1, -0.05) is 17.3 Å². The van der Waals surface area contributed by atoms with Gasteiger partial charge in [0.2, 0.25) is 0 Å². The van der Waals surface area contributed by atoms with E-state index in [0.29, 0.717) is 0 Å². The standard InChI is InChI=1S/C13H20N4O2/c14-13(15-19)11-3-1-2-4-12(11)17-7-5-16(6-8-17)9-10-18/h1-4,18-19H,5-10H2,(H2,14,15). The van der Waals surface area contributed by atoms with Gasteiger partial charge in [-0.3, -0.25) is 4.90 Å². The molecular weight excluding hydrogens is 244 g/mol. The van der Waals surface area contributed by atoms with Crippen molar-refractivity contribution in [1.82, 2.24) is 4.90 Å². The molecule has 0 aliphatic carbocycles. The summed E-state index contributed by atoms with van der Waals surface area (Å²) in [6.07, 6.45) is 0. The largest absolute Gasteiger partial charge is 0.409 e. The molecule has 1 aliphatic heterocycles. The first kappa shape index (κ1) is 13.6. The minimum atomic E-state index is 0.133. The molecule has 19 heavy (non-hydrogen) atoms. The number of hydrogen-bond acceptors (Lipinski definition) is 5. The zero-order valence-corrected chi connectivity index (χ0v) is 10.9. The fraction of sp³-hybridized carbons (Fsp3) is 0.462. The quantitative estimate of drug-likeness (QED) is 0.306. The maximum Gasteiger partial charge on any atom is 0.172 e. The van der Waals surface area contributed by atoms with Crippen molar-refractivity contribution in [2.75, 3.05) is 44.2 Å². The Morgan fingerprint density at radius 2 is 1.89 bits per heavy atom. The van der Waals surface area contributed by atoms with E-state index in [2.05, 4.69) is 15.0 Å². The molecule has 6 heteroatoms. The second-order valence-electron chi connectivity index (χ2n) is 4.55. The first-order chi connectivity index (χ1) is 9.26. The summed E-state index contributed by atoms with van der Waals surface area (Å²) >= 11 is 0. The van der Waals surface area contributed by atoms with E-state index in [1.54, 1.807) is 0 Å². The van der Waals surface area contributed by atoms with Gasteiger partial charge in [0.1, 0.15) is 0 Å². The van der Waals surface area contributed by atoms with Gasteiger partial charge in [-0.25, -0.2) is 0 Å². The van der Waals surface area contributed by atoms with Crippen molar-refractivity contribution in [3.05, 3.63) is 29.8 Å². The Bertz CT molecular complexity index is 442. The minimum absolute atomic E-state index is 0.133. The van der Waals surface area contributed by atoms with Crippen LogP contribution in [-0.2, 0) is 0 Å². The lowest BCUT2D eigenvalue weighted by molar-refractivity contribution is 0.189. The van der Waals surface area contributed by atoms with Crippen molar-refractivity contribution >= 4 is 11.5 Å². The average Bonchev–Trinajstić information content (AvgIpc) is 2.47. The monoisotopic (exact) mass is 264 g/mol. The average molecular weight is 264 g/mol. The van der Waals surface area contributed by atoms with E-state index in [1.807, 2.05) is 24.3 Å². The molecule has 0 radical (unpaired) electrons. The molecule has 1 aromatic carbocycles. The summed E-state index contributed by atoms with van der Waals surface area (Å²) in [5.74, 6) is 0.133. The number of nitrogens with zero attached hydrogens (tertiary/aromatic N) is 3. The van der Waals surface area contributed by atoms with Gasteiger partial charge in [0, 0.05) is 44.0 Å². The van der Waals surface area contributed by atoms with Gasteiger partial charge in [0.15, 0.2) is 5.84 Å². The van der Waals surface area contributed by atoms with Crippen LogP contribution < -0.4 is 10.6 Å². The molecule has 6 nitrogen and oxygen atoms in total. The van der Waals surface area contributed by atoms with Gasteiger partial charge >= 0.3 is 0 Å². The van der Waals surface area contributed by atoms with Crippen molar-refractivity contribution in [2.45, 2.75) is 0 Å².